The van der Waals surface area contributed by atoms with E-state index >= 15 is 0 Å². The number of halogens is 1. The number of nitrogens with one attached hydrogen (secondary N) is 1. The number of benzene rings is 1. The minimum Gasteiger partial charge on any atom is -0.308 e. The lowest BCUT2D eigenvalue weighted by atomic mass is 10.1. The maximum atomic E-state index is 6.34. The predicted molar refractivity (Wildman–Crippen MR) is 83.2 cm³/mol. The van der Waals surface area contributed by atoms with Crippen LogP contribution in [-0.4, -0.2) is 20.3 Å². The standard InChI is InChI=1S/C14H19ClN4S/c1-14(2,3)17-8-10-6-5-7-11(15)12(10)20-13-16-9-18-19(13)4/h5-7,9,17H,8H2,1-4H3. The molecule has 1 N–H and O–H groups in total. The highest BCUT2D eigenvalue weighted by Crippen LogP contribution is 2.34. The lowest BCUT2D eigenvalue weighted by molar-refractivity contribution is 0.422. The summed E-state index contributed by atoms with van der Waals surface area (Å²) in [5.74, 6) is 0. The normalized spacial score (nSPS) is 11.8. The third kappa shape index (κ3) is 3.98. The number of rotatable bonds is 4. The van der Waals surface area contributed by atoms with E-state index in [1.54, 1.807) is 22.8 Å². The van der Waals surface area contributed by atoms with Gasteiger partial charge >= 0.3 is 0 Å². The molecule has 0 atom stereocenters. The molecule has 0 aliphatic heterocycles. The van der Waals surface area contributed by atoms with Crippen molar-refractivity contribution in [2.24, 2.45) is 7.05 Å². The highest BCUT2D eigenvalue weighted by Gasteiger charge is 2.14. The molecule has 20 heavy (non-hydrogen) atoms. The SMILES string of the molecule is Cn1ncnc1Sc1c(Cl)cccc1CNC(C)(C)C. The van der Waals surface area contributed by atoms with Gasteiger partial charge in [-0.15, -0.1) is 0 Å². The summed E-state index contributed by atoms with van der Waals surface area (Å²) in [6.07, 6.45) is 1.55. The van der Waals surface area contributed by atoms with Gasteiger partial charge < -0.3 is 5.32 Å². The molecule has 0 bridgehead atoms. The Kier molecular flexibility index (Phi) is 4.73. The van der Waals surface area contributed by atoms with Crippen LogP contribution in [0.3, 0.4) is 0 Å². The molecule has 4 nitrogen and oxygen atoms in total. The zero-order valence-electron chi connectivity index (χ0n) is 12.1. The fourth-order valence-electron chi connectivity index (χ4n) is 1.64. The third-order valence-corrected chi connectivity index (χ3v) is 4.39. The lowest BCUT2D eigenvalue weighted by Crippen LogP contribution is -2.35. The fourth-order valence-corrected chi connectivity index (χ4v) is 2.85. The van der Waals surface area contributed by atoms with E-state index in [-0.39, 0.29) is 5.54 Å². The number of aryl methyl sites for hydroxylation is 1. The summed E-state index contributed by atoms with van der Waals surface area (Å²) in [4.78, 5) is 5.27. The van der Waals surface area contributed by atoms with Crippen LogP contribution in [0.2, 0.25) is 5.02 Å². The first-order valence-electron chi connectivity index (χ1n) is 6.41. The molecule has 6 heteroatoms. The number of hydrogen-bond acceptors (Lipinski definition) is 4. The maximum absolute atomic E-state index is 6.34. The number of nitrogens with zero attached hydrogens (tertiary/aromatic N) is 3. The first-order valence-corrected chi connectivity index (χ1v) is 7.60. The van der Waals surface area contributed by atoms with Gasteiger partial charge in [0.2, 0.25) is 0 Å². The summed E-state index contributed by atoms with van der Waals surface area (Å²) in [5.41, 5.74) is 1.23. The largest absolute Gasteiger partial charge is 0.308 e. The summed E-state index contributed by atoms with van der Waals surface area (Å²) in [5, 5.41) is 9.14. The first kappa shape index (κ1) is 15.4. The van der Waals surface area contributed by atoms with Crippen LogP contribution in [0, 0.1) is 0 Å². The quantitative estimate of drug-likeness (QED) is 0.938. The molecule has 0 unspecified atom stereocenters. The van der Waals surface area contributed by atoms with Gasteiger partial charge in [0.25, 0.3) is 0 Å². The molecule has 2 rings (SSSR count). The zero-order valence-corrected chi connectivity index (χ0v) is 13.7. The van der Waals surface area contributed by atoms with Crippen molar-refractivity contribution in [1.29, 1.82) is 0 Å². The van der Waals surface area contributed by atoms with Gasteiger partial charge in [0.15, 0.2) is 5.16 Å². The van der Waals surface area contributed by atoms with Crippen LogP contribution in [-0.2, 0) is 13.6 Å². The van der Waals surface area contributed by atoms with Crippen molar-refractivity contribution < 1.29 is 0 Å². The van der Waals surface area contributed by atoms with Gasteiger partial charge in [0.05, 0.1) is 5.02 Å². The molecule has 0 aliphatic rings. The molecule has 0 saturated heterocycles. The Morgan fingerprint density at radius 3 is 2.70 bits per heavy atom. The summed E-state index contributed by atoms with van der Waals surface area (Å²) in [6.45, 7) is 7.21. The van der Waals surface area contributed by atoms with E-state index in [0.717, 1.165) is 21.6 Å². The van der Waals surface area contributed by atoms with Crippen molar-refractivity contribution in [2.75, 3.05) is 0 Å². The Morgan fingerprint density at radius 2 is 2.10 bits per heavy atom. The van der Waals surface area contributed by atoms with Gasteiger partial charge in [0.1, 0.15) is 6.33 Å². The van der Waals surface area contributed by atoms with Crippen molar-refractivity contribution >= 4 is 23.4 Å². The van der Waals surface area contributed by atoms with Crippen LogP contribution in [0.5, 0.6) is 0 Å². The number of hydrogen-bond donors (Lipinski definition) is 1. The summed E-state index contributed by atoms with van der Waals surface area (Å²) in [7, 11) is 1.87. The fraction of sp³-hybridized carbons (Fsp3) is 0.429. The van der Waals surface area contributed by atoms with Gasteiger partial charge in [-0.3, -0.25) is 0 Å². The van der Waals surface area contributed by atoms with Gasteiger partial charge in [-0.2, -0.15) is 5.10 Å². The van der Waals surface area contributed by atoms with E-state index in [9.17, 15) is 0 Å². The summed E-state index contributed by atoms with van der Waals surface area (Å²) in [6, 6.07) is 5.97. The Bertz CT molecular complexity index is 589. The molecule has 0 spiro atoms. The Hall–Kier alpha value is -1.04. The van der Waals surface area contributed by atoms with E-state index in [0.29, 0.717) is 0 Å². The smallest absolute Gasteiger partial charge is 0.190 e. The van der Waals surface area contributed by atoms with E-state index in [2.05, 4.69) is 42.2 Å². The molecule has 0 aliphatic carbocycles. The van der Waals surface area contributed by atoms with Crippen LogP contribution in [0.1, 0.15) is 26.3 Å². The second-order valence-corrected chi connectivity index (χ2v) is 6.98. The van der Waals surface area contributed by atoms with E-state index in [4.69, 9.17) is 11.6 Å². The minimum absolute atomic E-state index is 0.0645. The summed E-state index contributed by atoms with van der Waals surface area (Å²) >= 11 is 7.88. The topological polar surface area (TPSA) is 42.7 Å². The lowest BCUT2D eigenvalue weighted by Gasteiger charge is -2.21. The van der Waals surface area contributed by atoms with Crippen molar-refractivity contribution in [3.05, 3.63) is 35.1 Å². The first-order chi connectivity index (χ1) is 9.37. The molecule has 2 aromatic rings. The van der Waals surface area contributed by atoms with Crippen molar-refractivity contribution in [3.8, 4) is 0 Å². The monoisotopic (exact) mass is 310 g/mol. The van der Waals surface area contributed by atoms with Crippen molar-refractivity contribution in [2.45, 2.75) is 42.9 Å². The maximum Gasteiger partial charge on any atom is 0.190 e. The van der Waals surface area contributed by atoms with Crippen LogP contribution in [0.25, 0.3) is 0 Å². The van der Waals surface area contributed by atoms with Crippen molar-refractivity contribution in [3.63, 3.8) is 0 Å². The van der Waals surface area contributed by atoms with Gasteiger partial charge in [-0.25, -0.2) is 9.67 Å². The molecule has 108 valence electrons. The van der Waals surface area contributed by atoms with Gasteiger partial charge in [0, 0.05) is 24.0 Å². The molecule has 1 aromatic carbocycles. The Morgan fingerprint density at radius 1 is 1.35 bits per heavy atom. The molecule has 0 fully saturated rings. The van der Waals surface area contributed by atoms with Crippen LogP contribution in [0.4, 0.5) is 0 Å². The molecule has 0 amide bonds. The number of aromatic nitrogens is 3. The Balaban J connectivity index is 2.25. The second-order valence-electron chi connectivity index (χ2n) is 5.60. The molecule has 1 aromatic heterocycles. The third-order valence-electron chi connectivity index (χ3n) is 2.72. The Labute approximate surface area is 128 Å². The molecule has 1 heterocycles. The van der Waals surface area contributed by atoms with E-state index < -0.39 is 0 Å². The zero-order chi connectivity index (χ0) is 14.8. The molecule has 0 radical (unpaired) electrons. The van der Waals surface area contributed by atoms with Crippen LogP contribution in [0.15, 0.2) is 34.6 Å². The second kappa shape index (κ2) is 6.16. The van der Waals surface area contributed by atoms with Gasteiger partial charge in [-0.1, -0.05) is 23.7 Å². The van der Waals surface area contributed by atoms with Gasteiger partial charge in [-0.05, 0) is 44.2 Å². The van der Waals surface area contributed by atoms with Crippen molar-refractivity contribution in [1.82, 2.24) is 20.1 Å². The van der Waals surface area contributed by atoms with Crippen LogP contribution >= 0.6 is 23.4 Å². The summed E-state index contributed by atoms with van der Waals surface area (Å²) < 4.78 is 1.75. The minimum atomic E-state index is 0.0645. The van der Waals surface area contributed by atoms with Crippen LogP contribution < -0.4 is 5.32 Å². The highest BCUT2D eigenvalue weighted by atomic mass is 35.5. The van der Waals surface area contributed by atoms with E-state index in [1.165, 1.54) is 5.56 Å². The highest BCUT2D eigenvalue weighted by molar-refractivity contribution is 7.99. The molecular formula is C14H19ClN4S. The predicted octanol–water partition coefficient (Wildman–Crippen LogP) is 3.51. The molecular weight excluding hydrogens is 292 g/mol. The average Bonchev–Trinajstić information content (AvgIpc) is 2.75. The van der Waals surface area contributed by atoms with E-state index in [1.807, 2.05) is 19.2 Å². The molecule has 0 saturated carbocycles. The average molecular weight is 311 g/mol.